The Kier molecular flexibility index (Phi) is 5.99. The lowest BCUT2D eigenvalue weighted by Crippen LogP contribution is -2.48. The highest BCUT2D eigenvalue weighted by Crippen LogP contribution is 2.47. The van der Waals surface area contributed by atoms with Crippen LogP contribution >= 0.6 is 11.8 Å². The number of amides is 2. The number of hydrogen-bond acceptors (Lipinski definition) is 6. The molecule has 0 spiro atoms. The molecule has 3 aliphatic rings. The Balaban J connectivity index is 1.62. The van der Waals surface area contributed by atoms with E-state index >= 15 is 0 Å². The maximum absolute atomic E-state index is 13.2. The average molecular weight is 467 g/mol. The van der Waals surface area contributed by atoms with Crippen LogP contribution in [0, 0.1) is 0 Å². The monoisotopic (exact) mass is 466 g/mol. The molecule has 1 aromatic rings. The quantitative estimate of drug-likeness (QED) is 0.716. The molecule has 8 nitrogen and oxygen atoms in total. The van der Waals surface area contributed by atoms with E-state index in [1.54, 1.807) is 34.9 Å². The van der Waals surface area contributed by atoms with Crippen LogP contribution in [0.1, 0.15) is 39.0 Å². The van der Waals surface area contributed by atoms with Gasteiger partial charge in [-0.05, 0) is 44.4 Å². The van der Waals surface area contributed by atoms with Gasteiger partial charge in [0.15, 0.2) is 0 Å². The van der Waals surface area contributed by atoms with Gasteiger partial charge < -0.3 is 15.1 Å². The first-order chi connectivity index (χ1) is 14.6. The van der Waals surface area contributed by atoms with Crippen LogP contribution in [0.15, 0.2) is 23.1 Å². The maximum atomic E-state index is 13.2. The number of nitrogens with one attached hydrogen (secondary N) is 1. The highest BCUT2D eigenvalue weighted by molar-refractivity contribution is 8.01. The molecule has 0 aliphatic carbocycles. The third-order valence-corrected chi connectivity index (χ3v) is 9.81. The number of hydrogen-bond donors (Lipinski definition) is 1. The lowest BCUT2D eigenvalue weighted by Gasteiger charge is -2.30. The molecule has 31 heavy (non-hydrogen) atoms. The largest absolute Gasteiger partial charge is 0.376 e. The highest BCUT2D eigenvalue weighted by atomic mass is 32.2. The van der Waals surface area contributed by atoms with Crippen molar-refractivity contribution in [3.63, 3.8) is 0 Å². The first kappa shape index (κ1) is 22.4. The summed E-state index contributed by atoms with van der Waals surface area (Å²) in [6.45, 7) is 3.05. The number of rotatable bonds is 5. The minimum Gasteiger partial charge on any atom is -0.376 e. The summed E-state index contributed by atoms with van der Waals surface area (Å²) < 4.78 is 27.8. The Hall–Kier alpha value is -1.78. The SMILES string of the molecule is CN(C)c1ccc(S(=O)(=O)N2CCCCC2)cc1NC(=O)[C@@H]1CS[C@]2(C)CCC(=O)N12. The predicted octanol–water partition coefficient (Wildman–Crippen LogP) is 2.32. The van der Waals surface area contributed by atoms with Crippen molar-refractivity contribution in [3.8, 4) is 0 Å². The van der Waals surface area contributed by atoms with Crippen molar-refractivity contribution >= 4 is 45.0 Å². The zero-order valence-electron chi connectivity index (χ0n) is 18.3. The van der Waals surface area contributed by atoms with E-state index in [0.29, 0.717) is 36.6 Å². The van der Waals surface area contributed by atoms with E-state index in [4.69, 9.17) is 0 Å². The fraction of sp³-hybridized carbons (Fsp3) is 0.619. The van der Waals surface area contributed by atoms with E-state index in [1.807, 2.05) is 25.9 Å². The summed E-state index contributed by atoms with van der Waals surface area (Å²) in [7, 11) is 0.0673. The third-order valence-electron chi connectivity index (χ3n) is 6.41. The van der Waals surface area contributed by atoms with Gasteiger partial charge in [0.1, 0.15) is 6.04 Å². The molecule has 0 aromatic heterocycles. The molecule has 3 fully saturated rings. The van der Waals surface area contributed by atoms with Crippen LogP contribution in [0.3, 0.4) is 0 Å². The lowest BCUT2D eigenvalue weighted by atomic mass is 10.2. The summed E-state index contributed by atoms with van der Waals surface area (Å²) in [5.74, 6) is 0.265. The second kappa shape index (κ2) is 8.29. The zero-order valence-corrected chi connectivity index (χ0v) is 19.9. The lowest BCUT2D eigenvalue weighted by molar-refractivity contribution is -0.135. The number of anilines is 2. The van der Waals surface area contributed by atoms with Gasteiger partial charge in [-0.2, -0.15) is 4.31 Å². The van der Waals surface area contributed by atoms with Crippen molar-refractivity contribution in [2.75, 3.05) is 43.2 Å². The normalized spacial score (nSPS) is 26.7. The van der Waals surface area contributed by atoms with Gasteiger partial charge in [-0.15, -0.1) is 11.8 Å². The zero-order chi connectivity index (χ0) is 22.4. The summed E-state index contributed by atoms with van der Waals surface area (Å²) >= 11 is 1.63. The van der Waals surface area contributed by atoms with Gasteiger partial charge >= 0.3 is 0 Å². The molecule has 0 unspecified atom stereocenters. The van der Waals surface area contributed by atoms with Gasteiger partial charge in [-0.3, -0.25) is 9.59 Å². The van der Waals surface area contributed by atoms with Crippen molar-refractivity contribution in [1.82, 2.24) is 9.21 Å². The van der Waals surface area contributed by atoms with Crippen LogP contribution in [0.5, 0.6) is 0 Å². The summed E-state index contributed by atoms with van der Waals surface area (Å²) in [5.41, 5.74) is 1.16. The predicted molar refractivity (Wildman–Crippen MR) is 123 cm³/mol. The number of fused-ring (bicyclic) bond motifs is 1. The van der Waals surface area contributed by atoms with Gasteiger partial charge in [0.2, 0.25) is 21.8 Å². The van der Waals surface area contributed by atoms with Gasteiger partial charge in [-0.1, -0.05) is 6.42 Å². The Labute approximate surface area is 188 Å². The minimum absolute atomic E-state index is 0.00177. The van der Waals surface area contributed by atoms with Gasteiger partial charge in [0, 0.05) is 39.4 Å². The molecule has 0 bridgehead atoms. The van der Waals surface area contributed by atoms with Crippen molar-refractivity contribution < 1.29 is 18.0 Å². The standard InChI is InChI=1S/C21H30N4O4S2/c1-21-10-9-19(26)25(21)18(14-30-21)20(27)22-16-13-15(7-8-17(16)23(2)3)31(28,29)24-11-5-4-6-12-24/h7-8,13,18H,4-6,9-12,14H2,1-3H3,(H,22,27)/t18-,21+/m0/s1. The van der Waals surface area contributed by atoms with Crippen LogP contribution in [0.25, 0.3) is 0 Å². The van der Waals surface area contributed by atoms with E-state index in [1.165, 1.54) is 4.31 Å². The third kappa shape index (κ3) is 4.05. The number of sulfonamides is 1. The van der Waals surface area contributed by atoms with Gasteiger partial charge in [0.25, 0.3) is 0 Å². The van der Waals surface area contributed by atoms with Gasteiger partial charge in [0.05, 0.1) is 21.1 Å². The van der Waals surface area contributed by atoms with E-state index < -0.39 is 16.1 Å². The Bertz CT molecular complexity index is 991. The van der Waals surface area contributed by atoms with Crippen molar-refractivity contribution in [3.05, 3.63) is 18.2 Å². The Morgan fingerprint density at radius 3 is 2.61 bits per heavy atom. The second-order valence-corrected chi connectivity index (χ2v) is 12.2. The molecule has 2 amide bonds. The Morgan fingerprint density at radius 2 is 1.94 bits per heavy atom. The van der Waals surface area contributed by atoms with Crippen LogP contribution in [0.4, 0.5) is 11.4 Å². The van der Waals surface area contributed by atoms with Gasteiger partial charge in [-0.25, -0.2) is 8.42 Å². The number of carbonyl (C=O) groups excluding carboxylic acids is 2. The molecular formula is C21H30N4O4S2. The summed E-state index contributed by atoms with van der Waals surface area (Å²) in [6, 6.07) is 4.31. The molecule has 3 heterocycles. The number of nitrogens with zero attached hydrogens (tertiary/aromatic N) is 3. The molecule has 3 saturated heterocycles. The molecule has 170 valence electrons. The molecule has 2 atom stereocenters. The molecule has 0 radical (unpaired) electrons. The molecule has 4 rings (SSSR count). The molecule has 1 N–H and O–H groups in total. The number of carbonyl (C=O) groups is 2. The average Bonchev–Trinajstić information content (AvgIpc) is 3.24. The summed E-state index contributed by atoms with van der Waals surface area (Å²) in [6.07, 6.45) is 3.97. The topological polar surface area (TPSA) is 90.0 Å². The summed E-state index contributed by atoms with van der Waals surface area (Å²) in [4.78, 5) is 29.0. The molecular weight excluding hydrogens is 436 g/mol. The highest BCUT2D eigenvalue weighted by Gasteiger charge is 2.53. The fourth-order valence-electron chi connectivity index (χ4n) is 4.65. The smallest absolute Gasteiger partial charge is 0.248 e. The van der Waals surface area contributed by atoms with Crippen molar-refractivity contribution in [2.24, 2.45) is 0 Å². The number of benzene rings is 1. The number of piperidine rings is 1. The second-order valence-electron chi connectivity index (χ2n) is 8.79. The van der Waals surface area contributed by atoms with Crippen LogP contribution in [-0.4, -0.2) is 73.3 Å². The van der Waals surface area contributed by atoms with Crippen molar-refractivity contribution in [1.29, 1.82) is 0 Å². The van der Waals surface area contributed by atoms with Crippen LogP contribution < -0.4 is 10.2 Å². The molecule has 0 saturated carbocycles. The first-order valence-electron chi connectivity index (χ1n) is 10.7. The van der Waals surface area contributed by atoms with Crippen molar-refractivity contribution in [2.45, 2.75) is 54.8 Å². The van der Waals surface area contributed by atoms with E-state index in [9.17, 15) is 18.0 Å². The van der Waals surface area contributed by atoms with E-state index in [0.717, 1.165) is 25.7 Å². The Morgan fingerprint density at radius 1 is 1.23 bits per heavy atom. The number of thioether (sulfide) groups is 1. The maximum Gasteiger partial charge on any atom is 0.248 e. The van der Waals surface area contributed by atoms with E-state index in [-0.39, 0.29) is 21.6 Å². The van der Waals surface area contributed by atoms with Crippen LogP contribution in [-0.2, 0) is 19.6 Å². The molecule has 1 aromatic carbocycles. The minimum atomic E-state index is -3.62. The summed E-state index contributed by atoms with van der Waals surface area (Å²) in [5, 5.41) is 2.93. The molecule has 10 heteroatoms. The van der Waals surface area contributed by atoms with E-state index in [2.05, 4.69) is 5.32 Å². The first-order valence-corrected chi connectivity index (χ1v) is 13.1. The molecule has 3 aliphatic heterocycles. The fourth-order valence-corrected chi connectivity index (χ4v) is 7.63. The van der Waals surface area contributed by atoms with Crippen LogP contribution in [0.2, 0.25) is 0 Å².